The monoisotopic (exact) mass is 296 g/mol. The van der Waals surface area contributed by atoms with Crippen LogP contribution in [-0.4, -0.2) is 34.2 Å². The van der Waals surface area contributed by atoms with E-state index in [0.717, 1.165) is 5.56 Å². The molecule has 7 nitrogen and oxygen atoms in total. The summed E-state index contributed by atoms with van der Waals surface area (Å²) in [6, 6.07) is 4.48. The first-order valence-corrected chi connectivity index (χ1v) is 6.54. The number of aryl methyl sites for hydroxylation is 1. The highest BCUT2D eigenvalue weighted by molar-refractivity contribution is 5.78. The number of carbonyl (C=O) groups is 1. The number of carboxylic acids is 1. The fraction of sp³-hybridized carbons (Fsp3) is 0.500. The van der Waals surface area contributed by atoms with Gasteiger partial charge in [-0.3, -0.25) is 20.2 Å². The average molecular weight is 296 g/mol. The number of nitrogens with zero attached hydrogens (tertiary/aromatic N) is 1. The minimum atomic E-state index is -1.33. The van der Waals surface area contributed by atoms with Gasteiger partial charge in [0, 0.05) is 12.1 Å². The number of nitro groups is 1. The Morgan fingerprint density at radius 3 is 2.62 bits per heavy atom. The molecule has 2 N–H and O–H groups in total. The van der Waals surface area contributed by atoms with Gasteiger partial charge >= 0.3 is 11.7 Å². The van der Waals surface area contributed by atoms with Crippen molar-refractivity contribution in [3.63, 3.8) is 0 Å². The number of aliphatic carboxylic acids is 1. The molecule has 0 saturated heterocycles. The minimum absolute atomic E-state index is 0.0589. The van der Waals surface area contributed by atoms with E-state index in [4.69, 9.17) is 4.74 Å². The molecule has 0 aliphatic heterocycles. The number of hydrogen-bond donors (Lipinski definition) is 2. The Morgan fingerprint density at radius 1 is 1.52 bits per heavy atom. The molecular weight excluding hydrogens is 276 g/mol. The van der Waals surface area contributed by atoms with Crippen LogP contribution in [0.3, 0.4) is 0 Å². The van der Waals surface area contributed by atoms with E-state index in [1.54, 1.807) is 13.0 Å². The van der Waals surface area contributed by atoms with E-state index in [1.807, 2.05) is 13.8 Å². The first kappa shape index (κ1) is 16.9. The molecule has 0 saturated carbocycles. The molecule has 0 heterocycles. The summed E-state index contributed by atoms with van der Waals surface area (Å²) in [7, 11) is 0. The third-order valence-corrected chi connectivity index (χ3v) is 2.91. The van der Waals surface area contributed by atoms with Gasteiger partial charge in [0.2, 0.25) is 0 Å². The molecule has 7 heteroatoms. The third-order valence-electron chi connectivity index (χ3n) is 2.91. The van der Waals surface area contributed by atoms with Gasteiger partial charge in [-0.25, -0.2) is 0 Å². The zero-order valence-corrected chi connectivity index (χ0v) is 12.5. The van der Waals surface area contributed by atoms with Crippen molar-refractivity contribution >= 4 is 11.7 Å². The number of hydrogen-bond acceptors (Lipinski definition) is 5. The van der Waals surface area contributed by atoms with Gasteiger partial charge in [0.15, 0.2) is 5.75 Å². The number of nitrogens with one attached hydrogen (secondary N) is 1. The van der Waals surface area contributed by atoms with E-state index in [9.17, 15) is 20.0 Å². The predicted octanol–water partition coefficient (Wildman–Crippen LogP) is 2.12. The van der Waals surface area contributed by atoms with Crippen LogP contribution in [0.25, 0.3) is 0 Å². The maximum atomic E-state index is 11.4. The Balaban J connectivity index is 2.96. The van der Waals surface area contributed by atoms with Gasteiger partial charge in [0.1, 0.15) is 12.1 Å². The van der Waals surface area contributed by atoms with Crippen LogP contribution in [0.4, 0.5) is 5.69 Å². The molecule has 1 atom stereocenters. The Kier molecular flexibility index (Phi) is 5.26. The van der Waals surface area contributed by atoms with Gasteiger partial charge in [-0.15, -0.1) is 0 Å². The molecule has 0 aliphatic carbocycles. The molecule has 0 bridgehead atoms. The van der Waals surface area contributed by atoms with Gasteiger partial charge in [0.25, 0.3) is 0 Å². The van der Waals surface area contributed by atoms with Crippen LogP contribution in [0.1, 0.15) is 26.3 Å². The Bertz CT molecular complexity index is 544. The van der Waals surface area contributed by atoms with Crippen LogP contribution in [-0.2, 0) is 4.79 Å². The van der Waals surface area contributed by atoms with Crippen molar-refractivity contribution in [2.75, 3.05) is 6.61 Å². The van der Waals surface area contributed by atoms with Crippen molar-refractivity contribution < 1.29 is 19.6 Å². The Labute approximate surface area is 123 Å². The number of benzene rings is 1. The lowest BCUT2D eigenvalue weighted by Gasteiger charge is -2.28. The summed E-state index contributed by atoms with van der Waals surface area (Å²) in [5.74, 6) is -1.02. The fourth-order valence-corrected chi connectivity index (χ4v) is 1.92. The molecule has 0 fully saturated rings. The lowest BCUT2D eigenvalue weighted by molar-refractivity contribution is -0.386. The number of carboxylic acid groups (broad SMARTS) is 1. The largest absolute Gasteiger partial charge is 0.484 e. The zero-order valence-electron chi connectivity index (χ0n) is 12.5. The van der Waals surface area contributed by atoms with Crippen molar-refractivity contribution in [1.29, 1.82) is 0 Å². The molecule has 1 aromatic rings. The highest BCUT2D eigenvalue weighted by Crippen LogP contribution is 2.28. The van der Waals surface area contributed by atoms with Crippen LogP contribution in [0.15, 0.2) is 18.2 Å². The highest BCUT2D eigenvalue weighted by atomic mass is 16.6. The SMILES string of the molecule is Cc1ccc(OCC(C)(NC(C)C)C(=O)O)c([N+](=O)[O-])c1. The molecule has 21 heavy (non-hydrogen) atoms. The summed E-state index contributed by atoms with van der Waals surface area (Å²) >= 11 is 0. The van der Waals surface area contributed by atoms with Crippen LogP contribution < -0.4 is 10.1 Å². The highest BCUT2D eigenvalue weighted by Gasteiger charge is 2.35. The zero-order chi connectivity index (χ0) is 16.2. The normalized spacial score (nSPS) is 13.8. The Morgan fingerprint density at radius 2 is 2.14 bits per heavy atom. The summed E-state index contributed by atoms with van der Waals surface area (Å²) in [4.78, 5) is 21.8. The van der Waals surface area contributed by atoms with Crippen LogP contribution >= 0.6 is 0 Å². The molecule has 0 aromatic heterocycles. The molecule has 0 aliphatic rings. The number of nitro benzene ring substituents is 1. The van der Waals surface area contributed by atoms with Crippen molar-refractivity contribution in [2.24, 2.45) is 0 Å². The standard InChI is InChI=1S/C14H20N2O5/c1-9(2)15-14(4,13(17)18)8-21-12-6-5-10(3)7-11(12)16(19)20/h5-7,9,15H,8H2,1-4H3,(H,17,18). The Hall–Kier alpha value is -2.15. The van der Waals surface area contributed by atoms with Gasteiger partial charge in [-0.05, 0) is 39.3 Å². The molecule has 0 amide bonds. The van der Waals surface area contributed by atoms with Crippen LogP contribution in [0, 0.1) is 17.0 Å². The lowest BCUT2D eigenvalue weighted by Crippen LogP contribution is -2.56. The summed E-state index contributed by atoms with van der Waals surface area (Å²) in [5.41, 5.74) is -0.768. The van der Waals surface area contributed by atoms with E-state index < -0.39 is 16.4 Å². The lowest BCUT2D eigenvalue weighted by atomic mass is 10.0. The van der Waals surface area contributed by atoms with Crippen molar-refractivity contribution in [2.45, 2.75) is 39.3 Å². The second-order valence-corrected chi connectivity index (χ2v) is 5.45. The van der Waals surface area contributed by atoms with E-state index >= 15 is 0 Å². The van der Waals surface area contributed by atoms with E-state index in [2.05, 4.69) is 5.32 Å². The predicted molar refractivity (Wildman–Crippen MR) is 77.6 cm³/mol. The first-order chi connectivity index (χ1) is 9.65. The first-order valence-electron chi connectivity index (χ1n) is 6.54. The van der Waals surface area contributed by atoms with Gasteiger partial charge in [-0.2, -0.15) is 0 Å². The maximum Gasteiger partial charge on any atom is 0.327 e. The molecule has 116 valence electrons. The smallest absolute Gasteiger partial charge is 0.327 e. The van der Waals surface area contributed by atoms with Crippen LogP contribution in [0.5, 0.6) is 5.75 Å². The summed E-state index contributed by atoms with van der Waals surface area (Å²) < 4.78 is 5.40. The van der Waals surface area contributed by atoms with Gasteiger partial charge in [0.05, 0.1) is 4.92 Å². The maximum absolute atomic E-state index is 11.4. The van der Waals surface area contributed by atoms with E-state index in [-0.39, 0.29) is 24.1 Å². The minimum Gasteiger partial charge on any atom is -0.484 e. The second-order valence-electron chi connectivity index (χ2n) is 5.45. The number of rotatable bonds is 7. The molecule has 1 rings (SSSR count). The molecule has 1 aromatic carbocycles. The van der Waals surface area contributed by atoms with Crippen LogP contribution in [0.2, 0.25) is 0 Å². The van der Waals surface area contributed by atoms with Crippen molar-refractivity contribution in [3.8, 4) is 5.75 Å². The van der Waals surface area contributed by atoms with E-state index in [0.29, 0.717) is 0 Å². The third kappa shape index (κ3) is 4.42. The van der Waals surface area contributed by atoms with Crippen molar-refractivity contribution in [3.05, 3.63) is 33.9 Å². The van der Waals surface area contributed by atoms with E-state index in [1.165, 1.54) is 19.1 Å². The summed E-state index contributed by atoms with van der Waals surface area (Å²) in [6.07, 6.45) is 0. The second kappa shape index (κ2) is 6.53. The summed E-state index contributed by atoms with van der Waals surface area (Å²) in [6.45, 7) is 6.63. The molecule has 0 spiro atoms. The van der Waals surface area contributed by atoms with Crippen molar-refractivity contribution in [1.82, 2.24) is 5.32 Å². The van der Waals surface area contributed by atoms with Gasteiger partial charge < -0.3 is 9.84 Å². The average Bonchev–Trinajstić information content (AvgIpc) is 2.36. The number of ether oxygens (including phenoxy) is 1. The quantitative estimate of drug-likeness (QED) is 0.590. The fourth-order valence-electron chi connectivity index (χ4n) is 1.92. The molecule has 1 unspecified atom stereocenters. The summed E-state index contributed by atoms with van der Waals surface area (Å²) in [5, 5.41) is 23.2. The van der Waals surface area contributed by atoms with Gasteiger partial charge in [-0.1, -0.05) is 6.07 Å². The molecule has 0 radical (unpaired) electrons. The topological polar surface area (TPSA) is 102 Å². The molecular formula is C14H20N2O5.